The van der Waals surface area contributed by atoms with Gasteiger partial charge >= 0.3 is 17.9 Å². The Bertz CT molecular complexity index is 1460. The van der Waals surface area contributed by atoms with E-state index in [1.807, 2.05) is 0 Å². The lowest BCUT2D eigenvalue weighted by Crippen LogP contribution is -2.30. The average Bonchev–Trinajstić information content (AvgIpc) is 3.37. The van der Waals surface area contributed by atoms with Gasteiger partial charge in [-0.3, -0.25) is 14.4 Å². The molecule has 0 rings (SSSR count). The zero-order valence-electron chi connectivity index (χ0n) is 46.2. The van der Waals surface area contributed by atoms with E-state index in [9.17, 15) is 14.4 Å². The Labute approximate surface area is 438 Å². The van der Waals surface area contributed by atoms with Gasteiger partial charge in [-0.15, -0.1) is 0 Å². The van der Waals surface area contributed by atoms with E-state index in [4.69, 9.17) is 14.2 Å². The first kappa shape index (κ1) is 67.1. The number of carbonyl (C=O) groups excluding carboxylic acids is 3. The number of unbranched alkanes of at least 4 members (excludes halogenated alkanes) is 23. The van der Waals surface area contributed by atoms with Crippen LogP contribution in [0.5, 0.6) is 0 Å². The molecular weight excluding hydrogens is 877 g/mol. The van der Waals surface area contributed by atoms with Crippen molar-refractivity contribution in [3.8, 4) is 0 Å². The molecule has 0 spiro atoms. The van der Waals surface area contributed by atoms with Crippen molar-refractivity contribution in [1.29, 1.82) is 0 Å². The Balaban J connectivity index is 4.36. The van der Waals surface area contributed by atoms with Crippen molar-refractivity contribution in [3.63, 3.8) is 0 Å². The van der Waals surface area contributed by atoms with E-state index < -0.39 is 6.10 Å². The Morgan fingerprint density at radius 3 is 0.901 bits per heavy atom. The lowest BCUT2D eigenvalue weighted by molar-refractivity contribution is -0.167. The largest absolute Gasteiger partial charge is 0.462 e. The van der Waals surface area contributed by atoms with Crippen LogP contribution in [0.1, 0.15) is 265 Å². The van der Waals surface area contributed by atoms with Gasteiger partial charge in [-0.25, -0.2) is 0 Å². The third-order valence-electron chi connectivity index (χ3n) is 12.3. The highest BCUT2D eigenvalue weighted by molar-refractivity contribution is 5.71. The third kappa shape index (κ3) is 56.9. The van der Waals surface area contributed by atoms with E-state index in [2.05, 4.69) is 130 Å². The average molecular weight is 986 g/mol. The second-order valence-electron chi connectivity index (χ2n) is 19.2. The van der Waals surface area contributed by atoms with Gasteiger partial charge in [-0.2, -0.15) is 0 Å². The Morgan fingerprint density at radius 1 is 0.296 bits per heavy atom. The number of allylic oxidation sites excluding steroid dienone is 18. The van der Waals surface area contributed by atoms with Crippen LogP contribution >= 0.6 is 0 Å². The van der Waals surface area contributed by atoms with Crippen molar-refractivity contribution in [1.82, 2.24) is 0 Å². The van der Waals surface area contributed by atoms with Crippen molar-refractivity contribution >= 4 is 17.9 Å². The molecule has 0 heterocycles. The first-order valence-corrected chi connectivity index (χ1v) is 29.4. The summed E-state index contributed by atoms with van der Waals surface area (Å²) in [5.41, 5.74) is 0. The minimum atomic E-state index is -0.793. The van der Waals surface area contributed by atoms with E-state index in [-0.39, 0.29) is 31.1 Å². The van der Waals surface area contributed by atoms with Crippen molar-refractivity contribution in [3.05, 3.63) is 109 Å². The maximum Gasteiger partial charge on any atom is 0.306 e. The molecule has 6 heteroatoms. The molecule has 0 aliphatic heterocycles. The molecular formula is C65H108O6. The summed E-state index contributed by atoms with van der Waals surface area (Å²) in [5, 5.41) is 0. The maximum absolute atomic E-state index is 12.8. The Morgan fingerprint density at radius 2 is 0.563 bits per heavy atom. The molecule has 0 amide bonds. The highest BCUT2D eigenvalue weighted by Gasteiger charge is 2.19. The summed E-state index contributed by atoms with van der Waals surface area (Å²) < 4.78 is 16.8. The summed E-state index contributed by atoms with van der Waals surface area (Å²) in [6, 6.07) is 0. The van der Waals surface area contributed by atoms with Crippen molar-refractivity contribution in [2.24, 2.45) is 0 Å². The van der Waals surface area contributed by atoms with Gasteiger partial charge in [0.2, 0.25) is 0 Å². The van der Waals surface area contributed by atoms with Gasteiger partial charge in [0.1, 0.15) is 13.2 Å². The molecule has 0 saturated heterocycles. The van der Waals surface area contributed by atoms with Crippen molar-refractivity contribution in [2.75, 3.05) is 13.2 Å². The molecule has 0 aliphatic carbocycles. The van der Waals surface area contributed by atoms with Gasteiger partial charge in [-0.05, 0) is 103 Å². The molecule has 0 aromatic heterocycles. The highest BCUT2D eigenvalue weighted by atomic mass is 16.6. The quantitative estimate of drug-likeness (QED) is 0.0261. The number of hydrogen-bond acceptors (Lipinski definition) is 6. The monoisotopic (exact) mass is 985 g/mol. The van der Waals surface area contributed by atoms with Crippen molar-refractivity contribution < 1.29 is 28.6 Å². The SMILES string of the molecule is CC/C=C\C/C=C\C/C=C\C/C=C\C/C=C\C/C=C\C/C=C\CCCCCCCC(=O)OCC(COC(=O)CCCCCCCCCCCCCC)OC(=O)CCCCCCC/C=C\C/C=C\CCCC. The van der Waals surface area contributed by atoms with Gasteiger partial charge in [0.15, 0.2) is 6.10 Å². The third-order valence-corrected chi connectivity index (χ3v) is 12.3. The van der Waals surface area contributed by atoms with E-state index in [1.54, 1.807) is 0 Å². The normalized spacial score (nSPS) is 12.9. The molecule has 0 N–H and O–H groups in total. The topological polar surface area (TPSA) is 78.9 Å². The number of esters is 3. The van der Waals surface area contributed by atoms with Crippen LogP contribution in [0.4, 0.5) is 0 Å². The molecule has 0 aromatic carbocycles. The molecule has 1 unspecified atom stereocenters. The van der Waals surface area contributed by atoms with Gasteiger partial charge in [0.05, 0.1) is 0 Å². The number of ether oxygens (including phenoxy) is 3. The second kappa shape index (κ2) is 58.6. The van der Waals surface area contributed by atoms with Crippen molar-refractivity contribution in [2.45, 2.75) is 271 Å². The van der Waals surface area contributed by atoms with Gasteiger partial charge < -0.3 is 14.2 Å². The number of hydrogen-bond donors (Lipinski definition) is 0. The fourth-order valence-electron chi connectivity index (χ4n) is 7.85. The molecule has 0 radical (unpaired) electrons. The van der Waals surface area contributed by atoms with Crippen LogP contribution in [-0.2, 0) is 28.6 Å². The molecule has 71 heavy (non-hydrogen) atoms. The van der Waals surface area contributed by atoms with E-state index in [1.165, 1.54) is 77.0 Å². The van der Waals surface area contributed by atoms with Crippen LogP contribution in [0.3, 0.4) is 0 Å². The molecule has 0 saturated carbocycles. The van der Waals surface area contributed by atoms with E-state index in [0.717, 1.165) is 148 Å². The van der Waals surface area contributed by atoms with Crippen LogP contribution in [-0.4, -0.2) is 37.2 Å². The Hall–Kier alpha value is -3.93. The van der Waals surface area contributed by atoms with Crippen LogP contribution in [0.15, 0.2) is 109 Å². The molecule has 0 aromatic rings. The zero-order valence-corrected chi connectivity index (χ0v) is 46.2. The minimum absolute atomic E-state index is 0.0893. The minimum Gasteiger partial charge on any atom is -0.462 e. The first-order chi connectivity index (χ1) is 35.0. The fraction of sp³-hybridized carbons (Fsp3) is 0.677. The van der Waals surface area contributed by atoms with Crippen LogP contribution in [0, 0.1) is 0 Å². The van der Waals surface area contributed by atoms with Crippen LogP contribution < -0.4 is 0 Å². The Kier molecular flexibility index (Phi) is 55.4. The van der Waals surface area contributed by atoms with Crippen LogP contribution in [0.25, 0.3) is 0 Å². The predicted octanol–water partition coefficient (Wildman–Crippen LogP) is 19.9. The van der Waals surface area contributed by atoms with Gasteiger partial charge in [0, 0.05) is 19.3 Å². The second-order valence-corrected chi connectivity index (χ2v) is 19.2. The molecule has 404 valence electrons. The molecule has 0 fully saturated rings. The lowest BCUT2D eigenvalue weighted by atomic mass is 10.0. The standard InChI is InChI=1S/C65H108O6/c1-4-7-10-13-16-19-22-25-27-28-29-30-31-32-33-34-35-36-37-38-39-41-43-46-49-52-55-58-64(67)70-61-62(60-69-63(66)57-54-51-48-45-42-24-21-18-15-12-9-6-3)71-65(68)59-56-53-50-47-44-40-26-23-20-17-14-11-8-5-2/h7,10,14,16-17,19,23,25-27,29-30,32-33,35-36,38-39,62H,4-6,8-9,11-13,15,18,20-22,24,28,31,34,37,40-61H2,1-3H3/b10-7-,17-14-,19-16-,26-23-,27-25-,30-29-,33-32-,36-35-,39-38-. The van der Waals surface area contributed by atoms with Crippen LogP contribution in [0.2, 0.25) is 0 Å². The predicted molar refractivity (Wildman–Crippen MR) is 307 cm³/mol. The molecule has 0 aliphatic rings. The summed E-state index contributed by atoms with van der Waals surface area (Å²) >= 11 is 0. The zero-order chi connectivity index (χ0) is 51.4. The van der Waals surface area contributed by atoms with Gasteiger partial charge in [-0.1, -0.05) is 252 Å². The molecule has 6 nitrogen and oxygen atoms in total. The van der Waals surface area contributed by atoms with E-state index in [0.29, 0.717) is 19.3 Å². The smallest absolute Gasteiger partial charge is 0.306 e. The lowest BCUT2D eigenvalue weighted by Gasteiger charge is -2.18. The summed E-state index contributed by atoms with van der Waals surface area (Å²) in [7, 11) is 0. The number of rotatable bonds is 52. The fourth-order valence-corrected chi connectivity index (χ4v) is 7.85. The maximum atomic E-state index is 12.8. The van der Waals surface area contributed by atoms with E-state index >= 15 is 0 Å². The summed E-state index contributed by atoms with van der Waals surface area (Å²) in [6.07, 6.45) is 79.4. The number of carbonyl (C=O) groups is 3. The molecule has 1 atom stereocenters. The highest BCUT2D eigenvalue weighted by Crippen LogP contribution is 2.15. The first-order valence-electron chi connectivity index (χ1n) is 29.4. The summed E-state index contributed by atoms with van der Waals surface area (Å²) in [6.45, 7) is 6.46. The summed E-state index contributed by atoms with van der Waals surface area (Å²) in [5.74, 6) is -0.922. The summed E-state index contributed by atoms with van der Waals surface area (Å²) in [4.78, 5) is 38.1. The molecule has 0 bridgehead atoms. The van der Waals surface area contributed by atoms with Gasteiger partial charge in [0.25, 0.3) is 0 Å².